The number of aliphatic hydroxyl groups excluding tert-OH is 1. The number of rotatable bonds is 2. The van der Waals surface area contributed by atoms with E-state index in [0.717, 1.165) is 5.56 Å². The second-order valence-corrected chi connectivity index (χ2v) is 3.14. The minimum atomic E-state index is -0.410. The third kappa shape index (κ3) is 2.31. The summed E-state index contributed by atoms with van der Waals surface area (Å²) >= 11 is 0. The van der Waals surface area contributed by atoms with Crippen LogP contribution in [0.1, 0.15) is 18.1 Å². The summed E-state index contributed by atoms with van der Waals surface area (Å²) in [6.45, 7) is 3.42. The molecule has 0 aromatic heterocycles. The van der Waals surface area contributed by atoms with E-state index < -0.39 is 6.10 Å². The summed E-state index contributed by atoms with van der Waals surface area (Å²) in [4.78, 5) is 0. The molecule has 0 heterocycles. The molecule has 0 aliphatic carbocycles. The number of hydrogen-bond acceptors (Lipinski definition) is 1. The number of aryl methyl sites for hydroxylation is 1. The van der Waals surface area contributed by atoms with Crippen molar-refractivity contribution in [2.45, 2.75) is 26.4 Å². The van der Waals surface area contributed by atoms with Crippen LogP contribution in [0.4, 0.5) is 4.39 Å². The number of hydrogen-bond donors (Lipinski definition) is 1. The topological polar surface area (TPSA) is 20.2 Å². The van der Waals surface area contributed by atoms with Crippen molar-refractivity contribution in [1.82, 2.24) is 0 Å². The molecule has 0 aliphatic heterocycles. The Morgan fingerprint density at radius 1 is 1.50 bits per heavy atom. The lowest BCUT2D eigenvalue weighted by molar-refractivity contribution is 0.195. The predicted molar refractivity (Wildman–Crippen MR) is 46.5 cm³/mol. The highest BCUT2D eigenvalue weighted by Crippen LogP contribution is 2.10. The second kappa shape index (κ2) is 3.68. The molecule has 1 aromatic carbocycles. The standard InChI is InChI=1S/C10H13FO/c1-7-3-4-9(5-8(2)12)6-10(7)11/h3-4,6,8,12H,5H2,1-2H3/t8-/m0/s1. The molecule has 0 radical (unpaired) electrons. The summed E-state index contributed by atoms with van der Waals surface area (Å²) in [5, 5.41) is 9.04. The van der Waals surface area contributed by atoms with Crippen molar-refractivity contribution in [2.75, 3.05) is 0 Å². The fourth-order valence-corrected chi connectivity index (χ4v) is 1.10. The van der Waals surface area contributed by atoms with E-state index in [2.05, 4.69) is 0 Å². The lowest BCUT2D eigenvalue weighted by atomic mass is 10.1. The van der Waals surface area contributed by atoms with Crippen molar-refractivity contribution in [3.8, 4) is 0 Å². The molecule has 0 unspecified atom stereocenters. The molecule has 1 rings (SSSR count). The molecule has 0 amide bonds. The van der Waals surface area contributed by atoms with E-state index in [0.29, 0.717) is 12.0 Å². The summed E-state index contributed by atoms with van der Waals surface area (Å²) < 4.78 is 12.9. The molecular formula is C10H13FO. The van der Waals surface area contributed by atoms with Crippen molar-refractivity contribution in [3.05, 3.63) is 35.1 Å². The largest absolute Gasteiger partial charge is 0.393 e. The molecule has 1 N–H and O–H groups in total. The van der Waals surface area contributed by atoms with Gasteiger partial charge in [-0.3, -0.25) is 0 Å². The van der Waals surface area contributed by atoms with Gasteiger partial charge in [-0.25, -0.2) is 4.39 Å². The van der Waals surface area contributed by atoms with Gasteiger partial charge < -0.3 is 5.11 Å². The van der Waals surface area contributed by atoms with Gasteiger partial charge in [-0.1, -0.05) is 12.1 Å². The lowest BCUT2D eigenvalue weighted by Gasteiger charge is -2.04. The van der Waals surface area contributed by atoms with Gasteiger partial charge in [-0.05, 0) is 37.5 Å². The van der Waals surface area contributed by atoms with Crippen LogP contribution in [0.15, 0.2) is 18.2 Å². The Bertz CT molecular complexity index is 269. The summed E-state index contributed by atoms with van der Waals surface area (Å²) in [7, 11) is 0. The predicted octanol–water partition coefficient (Wildman–Crippen LogP) is 2.06. The zero-order chi connectivity index (χ0) is 9.14. The van der Waals surface area contributed by atoms with Crippen LogP contribution in [0.3, 0.4) is 0 Å². The molecule has 0 spiro atoms. The van der Waals surface area contributed by atoms with Gasteiger partial charge in [0.25, 0.3) is 0 Å². The van der Waals surface area contributed by atoms with Crippen LogP contribution >= 0.6 is 0 Å². The molecule has 0 aliphatic rings. The number of halogens is 1. The van der Waals surface area contributed by atoms with Gasteiger partial charge in [-0.2, -0.15) is 0 Å². The fraction of sp³-hybridized carbons (Fsp3) is 0.400. The van der Waals surface area contributed by atoms with Gasteiger partial charge in [0.05, 0.1) is 6.10 Å². The quantitative estimate of drug-likeness (QED) is 0.716. The van der Waals surface area contributed by atoms with E-state index in [-0.39, 0.29) is 5.82 Å². The molecular weight excluding hydrogens is 155 g/mol. The Morgan fingerprint density at radius 2 is 2.17 bits per heavy atom. The SMILES string of the molecule is Cc1ccc(C[C@H](C)O)cc1F. The average molecular weight is 168 g/mol. The van der Waals surface area contributed by atoms with E-state index in [9.17, 15) is 4.39 Å². The Morgan fingerprint density at radius 3 is 2.67 bits per heavy atom. The number of aliphatic hydroxyl groups is 1. The van der Waals surface area contributed by atoms with E-state index >= 15 is 0 Å². The summed E-state index contributed by atoms with van der Waals surface area (Å²) in [6.07, 6.45) is 0.101. The van der Waals surface area contributed by atoms with Crippen LogP contribution in [-0.2, 0) is 6.42 Å². The fourth-order valence-electron chi connectivity index (χ4n) is 1.10. The molecule has 1 atom stereocenters. The number of benzene rings is 1. The van der Waals surface area contributed by atoms with Crippen LogP contribution in [0.5, 0.6) is 0 Å². The van der Waals surface area contributed by atoms with Crippen LogP contribution in [0.2, 0.25) is 0 Å². The van der Waals surface area contributed by atoms with Gasteiger partial charge in [0.15, 0.2) is 0 Å². The van der Waals surface area contributed by atoms with E-state index in [1.807, 2.05) is 6.07 Å². The lowest BCUT2D eigenvalue weighted by Crippen LogP contribution is -2.04. The molecule has 1 nitrogen and oxygen atoms in total. The smallest absolute Gasteiger partial charge is 0.126 e. The van der Waals surface area contributed by atoms with Crippen molar-refractivity contribution in [1.29, 1.82) is 0 Å². The molecule has 0 bridgehead atoms. The van der Waals surface area contributed by atoms with Crippen molar-refractivity contribution < 1.29 is 9.50 Å². The third-order valence-electron chi connectivity index (χ3n) is 1.77. The maximum Gasteiger partial charge on any atom is 0.126 e. The van der Waals surface area contributed by atoms with Gasteiger partial charge >= 0.3 is 0 Å². The Hall–Kier alpha value is -0.890. The maximum absolute atomic E-state index is 12.9. The maximum atomic E-state index is 12.9. The first-order valence-corrected chi connectivity index (χ1v) is 4.02. The minimum absolute atomic E-state index is 0.201. The van der Waals surface area contributed by atoms with Gasteiger partial charge in [0.2, 0.25) is 0 Å². The normalized spacial score (nSPS) is 13.0. The summed E-state index contributed by atoms with van der Waals surface area (Å²) in [6, 6.07) is 5.04. The molecule has 12 heavy (non-hydrogen) atoms. The molecule has 1 aromatic rings. The average Bonchev–Trinajstić information content (AvgIpc) is 1.96. The monoisotopic (exact) mass is 168 g/mol. The van der Waals surface area contributed by atoms with E-state index in [1.54, 1.807) is 19.9 Å². The van der Waals surface area contributed by atoms with E-state index in [1.165, 1.54) is 6.07 Å². The van der Waals surface area contributed by atoms with Crippen LogP contribution in [-0.4, -0.2) is 11.2 Å². The summed E-state index contributed by atoms with van der Waals surface area (Å²) in [5.41, 5.74) is 1.48. The minimum Gasteiger partial charge on any atom is -0.393 e. The highest BCUT2D eigenvalue weighted by atomic mass is 19.1. The second-order valence-electron chi connectivity index (χ2n) is 3.14. The van der Waals surface area contributed by atoms with Crippen molar-refractivity contribution in [2.24, 2.45) is 0 Å². The van der Waals surface area contributed by atoms with Gasteiger partial charge in [0.1, 0.15) is 5.82 Å². The Balaban J connectivity index is 2.82. The molecule has 66 valence electrons. The Kier molecular flexibility index (Phi) is 2.82. The first kappa shape index (κ1) is 9.20. The Labute approximate surface area is 71.9 Å². The summed E-state index contributed by atoms with van der Waals surface area (Å²) in [5.74, 6) is -0.201. The molecule has 2 heteroatoms. The van der Waals surface area contributed by atoms with Crippen LogP contribution in [0, 0.1) is 12.7 Å². The first-order chi connectivity index (χ1) is 5.59. The van der Waals surface area contributed by atoms with E-state index in [4.69, 9.17) is 5.11 Å². The zero-order valence-corrected chi connectivity index (χ0v) is 7.34. The van der Waals surface area contributed by atoms with Crippen LogP contribution < -0.4 is 0 Å². The van der Waals surface area contributed by atoms with Crippen molar-refractivity contribution >= 4 is 0 Å². The van der Waals surface area contributed by atoms with Gasteiger partial charge in [0, 0.05) is 0 Å². The molecule has 0 fully saturated rings. The first-order valence-electron chi connectivity index (χ1n) is 4.02. The highest BCUT2D eigenvalue weighted by molar-refractivity contribution is 5.23. The third-order valence-corrected chi connectivity index (χ3v) is 1.77. The van der Waals surface area contributed by atoms with Crippen molar-refractivity contribution in [3.63, 3.8) is 0 Å². The highest BCUT2D eigenvalue weighted by Gasteiger charge is 2.01. The molecule has 0 saturated heterocycles. The van der Waals surface area contributed by atoms with Crippen LogP contribution in [0.25, 0.3) is 0 Å². The zero-order valence-electron chi connectivity index (χ0n) is 7.34. The molecule has 0 saturated carbocycles. The van der Waals surface area contributed by atoms with Gasteiger partial charge in [-0.15, -0.1) is 0 Å².